The lowest BCUT2D eigenvalue weighted by Gasteiger charge is -2.47. The predicted octanol–water partition coefficient (Wildman–Crippen LogP) is 1.78. The molecule has 2 unspecified atom stereocenters. The summed E-state index contributed by atoms with van der Waals surface area (Å²) < 4.78 is 16.2. The third kappa shape index (κ3) is 3.71. The molecular formula is C17H27NO6. The number of likely N-dealkylation sites (tertiary alicyclic amines) is 1. The lowest BCUT2D eigenvalue weighted by Crippen LogP contribution is -2.60. The number of carbonyl (C=O) groups excluding carboxylic acids is 3. The number of nitrogens with zero attached hydrogens (tertiary/aromatic N) is 1. The smallest absolute Gasteiger partial charge is 0.410 e. The number of Topliss-reactive ketones (excluding diaryl/α,β-unsaturated/α-hetero) is 1. The molecule has 0 aromatic heterocycles. The Balaban J connectivity index is 2.11. The van der Waals surface area contributed by atoms with E-state index >= 15 is 0 Å². The number of hydrogen-bond donors (Lipinski definition) is 0. The maximum absolute atomic E-state index is 12.5. The fraction of sp³-hybridized carbons (Fsp3) is 0.824. The second-order valence-electron chi connectivity index (χ2n) is 7.60. The summed E-state index contributed by atoms with van der Waals surface area (Å²) in [4.78, 5) is 38.5. The fourth-order valence-corrected chi connectivity index (χ4v) is 3.28. The number of amides is 1. The maximum atomic E-state index is 12.5. The number of ether oxygens (including phenoxy) is 3. The third-order valence-electron chi connectivity index (χ3n) is 4.62. The van der Waals surface area contributed by atoms with Crippen LogP contribution in [-0.4, -0.2) is 60.8 Å². The minimum Gasteiger partial charge on any atom is -0.468 e. The van der Waals surface area contributed by atoms with E-state index in [4.69, 9.17) is 14.2 Å². The molecule has 0 bridgehead atoms. The van der Waals surface area contributed by atoms with Crippen molar-refractivity contribution in [3.05, 3.63) is 0 Å². The molecule has 0 saturated carbocycles. The van der Waals surface area contributed by atoms with Crippen LogP contribution in [0.15, 0.2) is 0 Å². The summed E-state index contributed by atoms with van der Waals surface area (Å²) in [5.41, 5.74) is -1.44. The van der Waals surface area contributed by atoms with Gasteiger partial charge in [0.15, 0.2) is 5.78 Å². The average molecular weight is 341 g/mol. The number of rotatable bonds is 1. The molecule has 136 valence electrons. The van der Waals surface area contributed by atoms with Crippen LogP contribution in [0.2, 0.25) is 0 Å². The van der Waals surface area contributed by atoms with Crippen molar-refractivity contribution in [1.82, 2.24) is 4.90 Å². The van der Waals surface area contributed by atoms with Gasteiger partial charge in [0.05, 0.1) is 19.3 Å². The van der Waals surface area contributed by atoms with Gasteiger partial charge >= 0.3 is 12.1 Å². The summed E-state index contributed by atoms with van der Waals surface area (Å²) in [5, 5.41) is 0. The molecule has 2 aliphatic rings. The Morgan fingerprint density at radius 2 is 1.83 bits per heavy atom. The van der Waals surface area contributed by atoms with Gasteiger partial charge in [0, 0.05) is 19.0 Å². The normalized spacial score (nSPS) is 27.0. The van der Waals surface area contributed by atoms with Crippen LogP contribution in [0.3, 0.4) is 0 Å². The molecule has 7 heteroatoms. The molecule has 2 saturated heterocycles. The Hall–Kier alpha value is -1.63. The number of carbonyl (C=O) groups is 3. The molecule has 2 fully saturated rings. The lowest BCUT2D eigenvalue weighted by molar-refractivity contribution is -0.189. The van der Waals surface area contributed by atoms with Crippen molar-refractivity contribution >= 4 is 17.8 Å². The Kier molecular flexibility index (Phi) is 5.22. The van der Waals surface area contributed by atoms with Crippen LogP contribution in [-0.2, 0) is 23.8 Å². The van der Waals surface area contributed by atoms with Crippen LogP contribution in [0.1, 0.15) is 40.5 Å². The molecule has 1 spiro atoms. The molecular weight excluding hydrogens is 314 g/mol. The van der Waals surface area contributed by atoms with Gasteiger partial charge in [0.2, 0.25) is 0 Å². The molecule has 0 aromatic rings. The molecule has 2 rings (SSSR count). The van der Waals surface area contributed by atoms with Crippen molar-refractivity contribution in [2.24, 2.45) is 11.8 Å². The van der Waals surface area contributed by atoms with E-state index in [9.17, 15) is 14.4 Å². The molecule has 0 aliphatic carbocycles. The summed E-state index contributed by atoms with van der Waals surface area (Å²) in [7, 11) is 1.28. The van der Waals surface area contributed by atoms with Crippen LogP contribution < -0.4 is 0 Å². The molecule has 1 amide bonds. The number of piperidine rings is 1. The summed E-state index contributed by atoms with van der Waals surface area (Å²) in [6, 6.07) is 0. The number of esters is 1. The molecule has 2 atom stereocenters. The fourth-order valence-electron chi connectivity index (χ4n) is 3.28. The number of methoxy groups -OCH3 is 1. The second-order valence-corrected chi connectivity index (χ2v) is 7.60. The summed E-state index contributed by atoms with van der Waals surface area (Å²) in [6.45, 7) is 8.24. The van der Waals surface area contributed by atoms with Gasteiger partial charge < -0.3 is 19.1 Å². The van der Waals surface area contributed by atoms with Crippen molar-refractivity contribution in [2.45, 2.75) is 51.7 Å². The Bertz CT molecular complexity index is 516. The van der Waals surface area contributed by atoms with Gasteiger partial charge in [-0.2, -0.15) is 0 Å². The quantitative estimate of drug-likeness (QED) is 0.534. The summed E-state index contributed by atoms with van der Waals surface area (Å²) in [6.07, 6.45) is 0.428. The molecule has 0 N–H and O–H groups in total. The third-order valence-corrected chi connectivity index (χ3v) is 4.62. The summed E-state index contributed by atoms with van der Waals surface area (Å²) in [5.74, 6) is -1.95. The first-order valence-electron chi connectivity index (χ1n) is 8.33. The highest BCUT2D eigenvalue weighted by atomic mass is 16.6. The number of ketones is 1. The Morgan fingerprint density at radius 3 is 2.33 bits per heavy atom. The van der Waals surface area contributed by atoms with E-state index in [2.05, 4.69) is 0 Å². The second kappa shape index (κ2) is 6.70. The zero-order valence-electron chi connectivity index (χ0n) is 15.1. The molecule has 24 heavy (non-hydrogen) atoms. The predicted molar refractivity (Wildman–Crippen MR) is 85.4 cm³/mol. The van der Waals surface area contributed by atoms with Crippen LogP contribution in [0.25, 0.3) is 0 Å². The van der Waals surface area contributed by atoms with Crippen LogP contribution in [0, 0.1) is 11.8 Å². The standard InChI is InChI=1S/C17H27NO6/c1-11-10-23-17(12(13(11)19)14(20)22-5)6-8-18(9-7-17)15(21)24-16(2,3)4/h11-12H,6-10H2,1-5H3. The Morgan fingerprint density at radius 1 is 1.25 bits per heavy atom. The van der Waals surface area contributed by atoms with Crippen molar-refractivity contribution in [2.75, 3.05) is 26.8 Å². The largest absolute Gasteiger partial charge is 0.468 e. The monoisotopic (exact) mass is 341 g/mol. The first-order valence-corrected chi connectivity index (χ1v) is 8.33. The zero-order valence-corrected chi connectivity index (χ0v) is 15.1. The molecule has 2 heterocycles. The first kappa shape index (κ1) is 18.7. The SMILES string of the molecule is COC(=O)C1C(=O)C(C)COC12CCN(C(=O)OC(C)(C)C)CC2. The van der Waals surface area contributed by atoms with Gasteiger partial charge in [0.25, 0.3) is 0 Å². The van der Waals surface area contributed by atoms with E-state index in [1.165, 1.54) is 7.11 Å². The van der Waals surface area contributed by atoms with Crippen LogP contribution >= 0.6 is 0 Å². The van der Waals surface area contributed by atoms with Crippen molar-refractivity contribution in [3.63, 3.8) is 0 Å². The van der Waals surface area contributed by atoms with Gasteiger partial charge in [-0.3, -0.25) is 9.59 Å². The van der Waals surface area contributed by atoms with Crippen LogP contribution in [0.4, 0.5) is 4.79 Å². The summed E-state index contributed by atoms with van der Waals surface area (Å²) >= 11 is 0. The zero-order chi connectivity index (χ0) is 18.1. The van der Waals surface area contributed by atoms with Crippen molar-refractivity contribution < 1.29 is 28.6 Å². The highest BCUT2D eigenvalue weighted by molar-refractivity contribution is 6.02. The van der Waals surface area contributed by atoms with E-state index in [1.54, 1.807) is 11.8 Å². The van der Waals surface area contributed by atoms with Gasteiger partial charge in [0.1, 0.15) is 11.5 Å². The van der Waals surface area contributed by atoms with Crippen molar-refractivity contribution in [3.8, 4) is 0 Å². The van der Waals surface area contributed by atoms with Gasteiger partial charge in [-0.25, -0.2) is 4.79 Å². The van der Waals surface area contributed by atoms with E-state index < -0.39 is 23.1 Å². The molecule has 0 aromatic carbocycles. The van der Waals surface area contributed by atoms with Gasteiger partial charge in [-0.1, -0.05) is 6.92 Å². The van der Waals surface area contributed by atoms with E-state index in [-0.39, 0.29) is 17.8 Å². The minimum absolute atomic E-state index is 0.140. The van der Waals surface area contributed by atoms with Crippen LogP contribution in [0.5, 0.6) is 0 Å². The highest BCUT2D eigenvalue weighted by Crippen LogP contribution is 2.40. The lowest BCUT2D eigenvalue weighted by atomic mass is 9.72. The minimum atomic E-state index is -0.924. The first-order chi connectivity index (χ1) is 11.1. The molecule has 7 nitrogen and oxygen atoms in total. The van der Waals surface area contributed by atoms with E-state index in [1.807, 2.05) is 20.8 Å². The highest BCUT2D eigenvalue weighted by Gasteiger charge is 2.55. The molecule has 2 aliphatic heterocycles. The number of hydrogen-bond acceptors (Lipinski definition) is 6. The maximum Gasteiger partial charge on any atom is 0.410 e. The topological polar surface area (TPSA) is 82.1 Å². The average Bonchev–Trinajstić information content (AvgIpc) is 2.50. The van der Waals surface area contributed by atoms with Gasteiger partial charge in [-0.05, 0) is 33.6 Å². The molecule has 0 radical (unpaired) electrons. The van der Waals surface area contributed by atoms with Crippen molar-refractivity contribution in [1.29, 1.82) is 0 Å². The van der Waals surface area contributed by atoms with Gasteiger partial charge in [-0.15, -0.1) is 0 Å². The van der Waals surface area contributed by atoms with E-state index in [0.717, 1.165) is 0 Å². The van der Waals surface area contributed by atoms with E-state index in [0.29, 0.717) is 32.5 Å². The Labute approximate surface area is 142 Å².